The second kappa shape index (κ2) is 7.02. The molecule has 0 spiro atoms. The molecule has 2 amide bonds. The van der Waals surface area contributed by atoms with Gasteiger partial charge in [0.1, 0.15) is 0 Å². The fourth-order valence-electron chi connectivity index (χ4n) is 2.07. The third-order valence-corrected chi connectivity index (χ3v) is 4.15. The van der Waals surface area contributed by atoms with E-state index in [-0.39, 0.29) is 11.8 Å². The quantitative estimate of drug-likeness (QED) is 0.756. The molecule has 3 rings (SSSR count). The van der Waals surface area contributed by atoms with Gasteiger partial charge in [-0.25, -0.2) is 0 Å². The molecule has 2 aromatic rings. The van der Waals surface area contributed by atoms with Gasteiger partial charge in [-0.2, -0.15) is 0 Å². The maximum Gasteiger partial charge on any atom is 0.258 e. The molecule has 116 valence electrons. The number of hydrogen-bond acceptors (Lipinski definition) is 4. The predicted molar refractivity (Wildman–Crippen MR) is 92.7 cm³/mol. The molecule has 1 aliphatic rings. The maximum atomic E-state index is 12.0. The summed E-state index contributed by atoms with van der Waals surface area (Å²) in [5, 5.41) is 8.65. The number of carbonyl (C=O) groups is 2. The highest BCUT2D eigenvalue weighted by atomic mass is 32.2. The second-order valence-electron chi connectivity index (χ2n) is 4.86. The summed E-state index contributed by atoms with van der Waals surface area (Å²) in [6.45, 7) is 0. The molecule has 0 aromatic heterocycles. The average molecular weight is 325 g/mol. The van der Waals surface area contributed by atoms with Crippen molar-refractivity contribution in [1.29, 1.82) is 0 Å². The van der Waals surface area contributed by atoms with E-state index in [0.717, 1.165) is 5.69 Å². The van der Waals surface area contributed by atoms with Crippen molar-refractivity contribution in [3.63, 3.8) is 0 Å². The monoisotopic (exact) mass is 325 g/mol. The minimum absolute atomic E-state index is 0.169. The summed E-state index contributed by atoms with van der Waals surface area (Å²) in [4.78, 5) is 23.9. The molecular formula is C17H15N3O2S. The number of para-hydroxylation sites is 2. The van der Waals surface area contributed by atoms with Gasteiger partial charge in [0.25, 0.3) is 11.8 Å². The Hall–Kier alpha value is -2.73. The molecule has 0 radical (unpaired) electrons. The molecule has 1 atom stereocenters. The smallest absolute Gasteiger partial charge is 0.258 e. The molecule has 1 heterocycles. The Balaban J connectivity index is 1.61. The number of anilines is 2. The highest BCUT2D eigenvalue weighted by Gasteiger charge is 2.29. The molecule has 1 saturated heterocycles. The third-order valence-electron chi connectivity index (χ3n) is 3.10. The fourth-order valence-corrected chi connectivity index (χ4v) is 3.02. The molecule has 0 saturated carbocycles. The molecule has 0 aliphatic carbocycles. The number of benzene rings is 2. The first kappa shape index (κ1) is 15.2. The Morgan fingerprint density at radius 1 is 1.00 bits per heavy atom. The van der Waals surface area contributed by atoms with Crippen LogP contribution in [-0.4, -0.2) is 17.2 Å². The summed E-state index contributed by atoms with van der Waals surface area (Å²) in [6, 6.07) is 18.6. The summed E-state index contributed by atoms with van der Waals surface area (Å²) in [6.07, 6.45) is 1.39. The zero-order valence-electron chi connectivity index (χ0n) is 12.2. The van der Waals surface area contributed by atoms with Crippen molar-refractivity contribution < 1.29 is 9.59 Å². The van der Waals surface area contributed by atoms with Gasteiger partial charge in [-0.3, -0.25) is 9.59 Å². The zero-order valence-corrected chi connectivity index (χ0v) is 13.0. The SMILES string of the molecule is O=C(/C=C1/NC(=O)C(Nc2ccccc2)S1)Nc1ccccc1. The molecule has 1 aliphatic heterocycles. The van der Waals surface area contributed by atoms with Gasteiger partial charge in [0, 0.05) is 17.5 Å². The van der Waals surface area contributed by atoms with Gasteiger partial charge in [0.05, 0.1) is 5.03 Å². The van der Waals surface area contributed by atoms with Crippen LogP contribution in [0, 0.1) is 0 Å². The van der Waals surface area contributed by atoms with Crippen molar-refractivity contribution in [1.82, 2.24) is 5.32 Å². The lowest BCUT2D eigenvalue weighted by Crippen LogP contribution is -2.28. The first-order valence-corrected chi connectivity index (χ1v) is 7.95. The number of nitrogens with one attached hydrogen (secondary N) is 3. The second-order valence-corrected chi connectivity index (χ2v) is 6.01. The van der Waals surface area contributed by atoms with Crippen LogP contribution in [0.2, 0.25) is 0 Å². The first-order valence-electron chi connectivity index (χ1n) is 7.07. The van der Waals surface area contributed by atoms with Crippen molar-refractivity contribution in [2.75, 3.05) is 10.6 Å². The average Bonchev–Trinajstić information content (AvgIpc) is 2.88. The van der Waals surface area contributed by atoms with Crippen LogP contribution in [0.25, 0.3) is 0 Å². The minimum Gasteiger partial charge on any atom is -0.365 e. The fraction of sp³-hybridized carbons (Fsp3) is 0.0588. The lowest BCUT2D eigenvalue weighted by atomic mass is 10.3. The lowest BCUT2D eigenvalue weighted by molar-refractivity contribution is -0.118. The highest BCUT2D eigenvalue weighted by molar-refractivity contribution is 8.04. The minimum atomic E-state index is -0.451. The Bertz CT molecular complexity index is 732. The van der Waals surface area contributed by atoms with E-state index in [2.05, 4.69) is 16.0 Å². The summed E-state index contributed by atoms with van der Waals surface area (Å²) < 4.78 is 0. The van der Waals surface area contributed by atoms with Crippen molar-refractivity contribution >= 4 is 35.0 Å². The van der Waals surface area contributed by atoms with Gasteiger partial charge in [0.15, 0.2) is 5.37 Å². The van der Waals surface area contributed by atoms with Crippen molar-refractivity contribution in [3.05, 3.63) is 71.8 Å². The summed E-state index contributed by atoms with van der Waals surface area (Å²) in [5.74, 6) is -0.447. The Labute approximate surface area is 138 Å². The van der Waals surface area contributed by atoms with Crippen LogP contribution in [0.4, 0.5) is 11.4 Å². The number of amides is 2. The van der Waals surface area contributed by atoms with Crippen LogP contribution in [-0.2, 0) is 9.59 Å². The number of hydrogen-bond donors (Lipinski definition) is 3. The van der Waals surface area contributed by atoms with Gasteiger partial charge < -0.3 is 16.0 Å². The van der Waals surface area contributed by atoms with Gasteiger partial charge >= 0.3 is 0 Å². The van der Waals surface area contributed by atoms with Gasteiger partial charge in [0.2, 0.25) is 0 Å². The molecule has 1 fully saturated rings. The van der Waals surface area contributed by atoms with Crippen LogP contribution in [0.15, 0.2) is 71.8 Å². The number of carbonyl (C=O) groups excluding carboxylic acids is 2. The van der Waals surface area contributed by atoms with Crippen molar-refractivity contribution in [2.45, 2.75) is 5.37 Å². The third kappa shape index (κ3) is 4.14. The predicted octanol–water partition coefficient (Wildman–Crippen LogP) is 2.77. The van der Waals surface area contributed by atoms with Gasteiger partial charge in [-0.05, 0) is 24.3 Å². The van der Waals surface area contributed by atoms with Crippen LogP contribution in [0.5, 0.6) is 0 Å². The number of rotatable bonds is 4. The summed E-state index contributed by atoms with van der Waals surface area (Å²) in [7, 11) is 0. The normalized spacial score (nSPS) is 18.5. The lowest BCUT2D eigenvalue weighted by Gasteiger charge is -2.09. The van der Waals surface area contributed by atoms with E-state index in [9.17, 15) is 9.59 Å². The van der Waals surface area contributed by atoms with E-state index in [0.29, 0.717) is 10.7 Å². The van der Waals surface area contributed by atoms with Crippen LogP contribution < -0.4 is 16.0 Å². The van der Waals surface area contributed by atoms with Gasteiger partial charge in [-0.1, -0.05) is 48.2 Å². The van der Waals surface area contributed by atoms with Crippen molar-refractivity contribution in [2.24, 2.45) is 0 Å². The molecule has 3 N–H and O–H groups in total. The molecule has 5 nitrogen and oxygen atoms in total. The largest absolute Gasteiger partial charge is 0.365 e. The van der Waals surface area contributed by atoms with Crippen molar-refractivity contribution in [3.8, 4) is 0 Å². The molecular weight excluding hydrogens is 310 g/mol. The highest BCUT2D eigenvalue weighted by Crippen LogP contribution is 2.28. The Morgan fingerprint density at radius 3 is 2.26 bits per heavy atom. The van der Waals surface area contributed by atoms with Gasteiger partial charge in [-0.15, -0.1) is 0 Å². The van der Waals surface area contributed by atoms with E-state index in [1.54, 1.807) is 12.1 Å². The molecule has 6 heteroatoms. The standard InChI is InChI=1S/C17H15N3O2S/c21-14(18-12-7-3-1-4-8-12)11-15-20-16(22)17(23-15)19-13-9-5-2-6-10-13/h1-11,17,19H,(H,18,21)(H,20,22)/b15-11-. The molecule has 1 unspecified atom stereocenters. The molecule has 2 aromatic carbocycles. The van der Waals surface area contributed by atoms with E-state index in [4.69, 9.17) is 0 Å². The Kier molecular flexibility index (Phi) is 4.63. The van der Waals surface area contributed by atoms with E-state index >= 15 is 0 Å². The summed E-state index contributed by atoms with van der Waals surface area (Å²) >= 11 is 1.28. The molecule has 23 heavy (non-hydrogen) atoms. The van der Waals surface area contributed by atoms with E-state index in [1.807, 2.05) is 48.5 Å². The van der Waals surface area contributed by atoms with Crippen LogP contribution in [0.1, 0.15) is 0 Å². The van der Waals surface area contributed by atoms with E-state index < -0.39 is 5.37 Å². The van der Waals surface area contributed by atoms with Crippen LogP contribution in [0.3, 0.4) is 0 Å². The zero-order chi connectivity index (χ0) is 16.1. The summed E-state index contributed by atoms with van der Waals surface area (Å²) in [5.41, 5.74) is 1.57. The first-order chi connectivity index (χ1) is 11.2. The Morgan fingerprint density at radius 2 is 1.61 bits per heavy atom. The topological polar surface area (TPSA) is 70.2 Å². The van der Waals surface area contributed by atoms with E-state index in [1.165, 1.54) is 17.8 Å². The maximum absolute atomic E-state index is 12.0. The van der Waals surface area contributed by atoms with Crippen LogP contribution >= 0.6 is 11.8 Å². The molecule has 0 bridgehead atoms. The number of thioether (sulfide) groups is 1.